The second-order valence-electron chi connectivity index (χ2n) is 4.51. The third kappa shape index (κ3) is 3.23. The van der Waals surface area contributed by atoms with E-state index in [0.717, 1.165) is 29.9 Å². The molecule has 2 atom stereocenters. The first-order valence-corrected chi connectivity index (χ1v) is 8.30. The highest BCUT2D eigenvalue weighted by Crippen LogP contribution is 2.29. The summed E-state index contributed by atoms with van der Waals surface area (Å²) in [5.41, 5.74) is 0. The van der Waals surface area contributed by atoms with Crippen LogP contribution in [0, 0.1) is 0 Å². The molecule has 0 aromatic carbocycles. The van der Waals surface area contributed by atoms with Crippen molar-refractivity contribution in [1.29, 1.82) is 0 Å². The first-order chi connectivity index (χ1) is 8.62. The van der Waals surface area contributed by atoms with Crippen LogP contribution in [0.5, 0.6) is 0 Å². The predicted octanol–water partition coefficient (Wildman–Crippen LogP) is 2.57. The summed E-state index contributed by atoms with van der Waals surface area (Å²) < 4.78 is 0. The van der Waals surface area contributed by atoms with E-state index < -0.39 is 0 Å². The molecule has 6 heteroatoms. The highest BCUT2D eigenvalue weighted by Gasteiger charge is 2.23. The van der Waals surface area contributed by atoms with Gasteiger partial charge in [0.2, 0.25) is 0 Å². The van der Waals surface area contributed by atoms with E-state index in [4.69, 9.17) is 0 Å². The van der Waals surface area contributed by atoms with Gasteiger partial charge in [0.1, 0.15) is 11.6 Å². The van der Waals surface area contributed by atoms with Crippen molar-refractivity contribution in [3.8, 4) is 0 Å². The number of hydrogen-bond acceptors (Lipinski definition) is 6. The smallest absolute Gasteiger partial charge is 0.191 e. The van der Waals surface area contributed by atoms with E-state index in [1.807, 2.05) is 19.4 Å². The van der Waals surface area contributed by atoms with Crippen LogP contribution in [-0.4, -0.2) is 46.9 Å². The van der Waals surface area contributed by atoms with Crippen LogP contribution in [0.15, 0.2) is 11.2 Å². The summed E-state index contributed by atoms with van der Waals surface area (Å²) in [6.07, 6.45) is 2.01. The summed E-state index contributed by atoms with van der Waals surface area (Å²) in [6, 6.07) is 2.04. The van der Waals surface area contributed by atoms with Crippen LogP contribution in [0.4, 0.5) is 11.6 Å². The molecular weight excluding hydrogens is 264 g/mol. The second-order valence-corrected chi connectivity index (χ2v) is 7.17. The van der Waals surface area contributed by atoms with E-state index in [9.17, 15) is 0 Å². The number of rotatable bonds is 3. The standard InChI is InChI=1S/C12H20N4S2/c1-8-6-16(7-9(2)18-8)11-5-10(13-3)14-12(15-11)17-4/h5,8-9H,6-7H2,1-4H3,(H,13,14,15). The van der Waals surface area contributed by atoms with E-state index in [1.165, 1.54) is 0 Å². The third-order valence-electron chi connectivity index (χ3n) is 2.87. The molecule has 1 saturated heterocycles. The molecule has 1 aromatic rings. The molecule has 1 aliphatic rings. The Bertz CT molecular complexity index is 381. The lowest BCUT2D eigenvalue weighted by Crippen LogP contribution is -2.41. The SMILES string of the molecule is CNc1cc(N2CC(C)SC(C)C2)nc(SC)n1. The molecule has 2 rings (SSSR count). The maximum atomic E-state index is 4.62. The van der Waals surface area contributed by atoms with E-state index in [2.05, 4.69) is 45.8 Å². The largest absolute Gasteiger partial charge is 0.373 e. The normalized spacial score (nSPS) is 24.1. The predicted molar refractivity (Wildman–Crippen MR) is 82.1 cm³/mol. The zero-order valence-corrected chi connectivity index (χ0v) is 12.9. The number of thioether (sulfide) groups is 2. The molecule has 0 radical (unpaired) electrons. The molecular formula is C12H20N4S2. The van der Waals surface area contributed by atoms with Crippen molar-refractivity contribution >= 4 is 35.2 Å². The molecule has 1 fully saturated rings. The van der Waals surface area contributed by atoms with Gasteiger partial charge in [0.15, 0.2) is 5.16 Å². The number of nitrogens with one attached hydrogen (secondary N) is 1. The molecule has 2 heterocycles. The second kappa shape index (κ2) is 6.02. The quantitative estimate of drug-likeness (QED) is 0.679. The van der Waals surface area contributed by atoms with Crippen LogP contribution >= 0.6 is 23.5 Å². The third-order valence-corrected chi connectivity index (χ3v) is 4.65. The number of anilines is 2. The van der Waals surface area contributed by atoms with Gasteiger partial charge in [0.05, 0.1) is 0 Å². The Morgan fingerprint density at radius 2 is 2.00 bits per heavy atom. The molecule has 100 valence electrons. The van der Waals surface area contributed by atoms with Gasteiger partial charge in [-0.05, 0) is 6.26 Å². The molecule has 1 aliphatic heterocycles. The fourth-order valence-electron chi connectivity index (χ4n) is 2.16. The summed E-state index contributed by atoms with van der Waals surface area (Å²) >= 11 is 3.64. The van der Waals surface area contributed by atoms with Crippen molar-refractivity contribution in [2.75, 3.05) is 36.6 Å². The molecule has 4 nitrogen and oxygen atoms in total. The average molecular weight is 284 g/mol. The minimum absolute atomic E-state index is 0.652. The minimum Gasteiger partial charge on any atom is -0.373 e. The minimum atomic E-state index is 0.652. The molecule has 0 aliphatic carbocycles. The van der Waals surface area contributed by atoms with Crippen LogP contribution in [0.2, 0.25) is 0 Å². The lowest BCUT2D eigenvalue weighted by Gasteiger charge is -2.35. The van der Waals surface area contributed by atoms with Crippen molar-refractivity contribution in [2.45, 2.75) is 29.5 Å². The number of nitrogens with zero attached hydrogens (tertiary/aromatic N) is 3. The lowest BCUT2D eigenvalue weighted by molar-refractivity contribution is 0.711. The van der Waals surface area contributed by atoms with Crippen LogP contribution in [0.1, 0.15) is 13.8 Å². The van der Waals surface area contributed by atoms with Gasteiger partial charge in [0.25, 0.3) is 0 Å². The molecule has 0 amide bonds. The topological polar surface area (TPSA) is 41.0 Å². The summed E-state index contributed by atoms with van der Waals surface area (Å²) in [4.78, 5) is 11.4. The zero-order valence-electron chi connectivity index (χ0n) is 11.3. The monoisotopic (exact) mass is 284 g/mol. The summed E-state index contributed by atoms with van der Waals surface area (Å²) in [6.45, 7) is 6.68. The van der Waals surface area contributed by atoms with Crippen molar-refractivity contribution in [1.82, 2.24) is 9.97 Å². The molecule has 0 saturated carbocycles. The molecule has 0 bridgehead atoms. The first kappa shape index (κ1) is 13.8. The van der Waals surface area contributed by atoms with Gasteiger partial charge in [-0.3, -0.25) is 0 Å². The molecule has 1 aromatic heterocycles. The van der Waals surface area contributed by atoms with Crippen LogP contribution in [0.25, 0.3) is 0 Å². The Balaban J connectivity index is 2.25. The van der Waals surface area contributed by atoms with Crippen LogP contribution in [0.3, 0.4) is 0 Å². The van der Waals surface area contributed by atoms with E-state index in [0.29, 0.717) is 10.5 Å². The average Bonchev–Trinajstić information content (AvgIpc) is 2.37. The van der Waals surface area contributed by atoms with Gasteiger partial charge in [0, 0.05) is 36.7 Å². The maximum Gasteiger partial charge on any atom is 0.191 e. The zero-order chi connectivity index (χ0) is 13.1. The molecule has 0 spiro atoms. The summed E-state index contributed by atoms with van der Waals surface area (Å²) in [5, 5.41) is 5.24. The van der Waals surface area contributed by atoms with Crippen molar-refractivity contribution in [2.24, 2.45) is 0 Å². The molecule has 18 heavy (non-hydrogen) atoms. The summed E-state index contributed by atoms with van der Waals surface area (Å²) in [5.74, 6) is 1.93. The Morgan fingerprint density at radius 1 is 1.33 bits per heavy atom. The van der Waals surface area contributed by atoms with Crippen molar-refractivity contribution in [3.63, 3.8) is 0 Å². The van der Waals surface area contributed by atoms with E-state index >= 15 is 0 Å². The first-order valence-electron chi connectivity index (χ1n) is 6.13. The van der Waals surface area contributed by atoms with Crippen LogP contribution < -0.4 is 10.2 Å². The number of hydrogen-bond donors (Lipinski definition) is 1. The highest BCUT2D eigenvalue weighted by atomic mass is 32.2. The highest BCUT2D eigenvalue weighted by molar-refractivity contribution is 8.00. The van der Waals surface area contributed by atoms with Crippen molar-refractivity contribution < 1.29 is 0 Å². The Hall–Kier alpha value is -0.620. The van der Waals surface area contributed by atoms with Crippen molar-refractivity contribution in [3.05, 3.63) is 6.07 Å². The van der Waals surface area contributed by atoms with E-state index in [1.54, 1.807) is 11.8 Å². The number of aromatic nitrogens is 2. The van der Waals surface area contributed by atoms with Crippen LogP contribution in [-0.2, 0) is 0 Å². The van der Waals surface area contributed by atoms with Gasteiger partial charge in [-0.1, -0.05) is 25.6 Å². The van der Waals surface area contributed by atoms with Gasteiger partial charge in [-0.25, -0.2) is 9.97 Å². The van der Waals surface area contributed by atoms with Gasteiger partial charge in [-0.2, -0.15) is 11.8 Å². The van der Waals surface area contributed by atoms with Gasteiger partial charge in [-0.15, -0.1) is 0 Å². The Morgan fingerprint density at radius 3 is 2.56 bits per heavy atom. The maximum absolute atomic E-state index is 4.62. The van der Waals surface area contributed by atoms with Gasteiger partial charge >= 0.3 is 0 Å². The molecule has 1 N–H and O–H groups in total. The Labute approximate surface area is 117 Å². The fourth-order valence-corrected chi connectivity index (χ4v) is 3.86. The fraction of sp³-hybridized carbons (Fsp3) is 0.667. The van der Waals surface area contributed by atoms with E-state index in [-0.39, 0.29) is 0 Å². The summed E-state index contributed by atoms with van der Waals surface area (Å²) in [7, 11) is 1.90. The lowest BCUT2D eigenvalue weighted by atomic mass is 10.3. The Kier molecular flexibility index (Phi) is 4.61. The van der Waals surface area contributed by atoms with Gasteiger partial charge < -0.3 is 10.2 Å². The molecule has 2 unspecified atom stereocenters.